The Labute approximate surface area is 89.6 Å². The molecule has 15 heavy (non-hydrogen) atoms. The van der Waals surface area contributed by atoms with Crippen molar-refractivity contribution in [3.63, 3.8) is 0 Å². The summed E-state index contributed by atoms with van der Waals surface area (Å²) in [5, 5.41) is 0. The molecule has 0 N–H and O–H groups in total. The van der Waals surface area contributed by atoms with Gasteiger partial charge in [0.15, 0.2) is 0 Å². The Morgan fingerprint density at radius 2 is 2.07 bits per heavy atom. The number of allylic oxidation sites excluding steroid dienone is 1. The third kappa shape index (κ3) is 2.69. The van der Waals surface area contributed by atoms with Gasteiger partial charge < -0.3 is 4.74 Å². The Morgan fingerprint density at radius 1 is 1.27 bits per heavy atom. The molecule has 0 bridgehead atoms. The van der Waals surface area contributed by atoms with E-state index >= 15 is 0 Å². The van der Waals surface area contributed by atoms with Crippen molar-refractivity contribution < 1.29 is 9.53 Å². The van der Waals surface area contributed by atoms with Crippen LogP contribution < -0.4 is 0 Å². The second kappa shape index (κ2) is 4.78. The lowest BCUT2D eigenvalue weighted by Gasteiger charge is -1.97. The van der Waals surface area contributed by atoms with Crippen molar-refractivity contribution in [2.45, 2.75) is 19.3 Å². The summed E-state index contributed by atoms with van der Waals surface area (Å²) < 4.78 is 4.86. The van der Waals surface area contributed by atoms with Gasteiger partial charge in [0.25, 0.3) is 0 Å². The van der Waals surface area contributed by atoms with Crippen molar-refractivity contribution >= 4 is 5.97 Å². The number of hydrogen-bond acceptors (Lipinski definition) is 2. The van der Waals surface area contributed by atoms with Gasteiger partial charge in [0.2, 0.25) is 0 Å². The molecule has 0 atom stereocenters. The van der Waals surface area contributed by atoms with E-state index in [1.807, 2.05) is 24.3 Å². The maximum atomic E-state index is 11.1. The fraction of sp³-hybridized carbons (Fsp3) is 0.308. The fourth-order valence-corrected chi connectivity index (χ4v) is 1.69. The topological polar surface area (TPSA) is 26.3 Å². The monoisotopic (exact) mass is 202 g/mol. The van der Waals surface area contributed by atoms with E-state index in [1.165, 1.54) is 5.56 Å². The standard InChI is InChI=1S/C13H14O2/c14-13-12(9-10-15-13)8-4-7-11-5-2-1-3-6-11/h1-3,5-6,8H,4,7,9-10H2. The molecule has 0 spiro atoms. The van der Waals surface area contributed by atoms with E-state index in [1.54, 1.807) is 0 Å². The van der Waals surface area contributed by atoms with Crippen molar-refractivity contribution in [1.82, 2.24) is 0 Å². The van der Waals surface area contributed by atoms with Crippen LogP contribution in [0.1, 0.15) is 18.4 Å². The van der Waals surface area contributed by atoms with Crippen LogP contribution in [0.4, 0.5) is 0 Å². The molecule has 0 amide bonds. The zero-order valence-electron chi connectivity index (χ0n) is 8.61. The molecule has 0 aromatic heterocycles. The minimum absolute atomic E-state index is 0.136. The molecule has 1 aromatic rings. The zero-order valence-corrected chi connectivity index (χ0v) is 8.61. The molecule has 2 heteroatoms. The molecule has 2 nitrogen and oxygen atoms in total. The van der Waals surface area contributed by atoms with Crippen LogP contribution >= 0.6 is 0 Å². The number of carbonyl (C=O) groups excluding carboxylic acids is 1. The second-order valence-electron chi connectivity index (χ2n) is 3.64. The first-order valence-electron chi connectivity index (χ1n) is 5.26. The quantitative estimate of drug-likeness (QED) is 0.556. The molecule has 1 aliphatic rings. The van der Waals surface area contributed by atoms with Crippen molar-refractivity contribution in [2.24, 2.45) is 0 Å². The van der Waals surface area contributed by atoms with Crippen molar-refractivity contribution in [3.8, 4) is 0 Å². The first-order chi connectivity index (χ1) is 7.36. The molecule has 0 aliphatic carbocycles. The van der Waals surface area contributed by atoms with Crippen molar-refractivity contribution in [2.75, 3.05) is 6.61 Å². The van der Waals surface area contributed by atoms with E-state index in [2.05, 4.69) is 12.1 Å². The molecule has 0 unspecified atom stereocenters. The Bertz CT molecular complexity index is 365. The molecule has 1 aromatic carbocycles. The van der Waals surface area contributed by atoms with Gasteiger partial charge in [-0.1, -0.05) is 36.4 Å². The number of ether oxygens (including phenoxy) is 1. The lowest BCUT2D eigenvalue weighted by atomic mass is 10.1. The first kappa shape index (κ1) is 9.97. The van der Waals surface area contributed by atoms with Crippen LogP contribution in [0, 0.1) is 0 Å². The molecule has 1 heterocycles. The number of carbonyl (C=O) groups is 1. The SMILES string of the molecule is O=C1OCCC1=CCCc1ccccc1. The number of benzene rings is 1. The van der Waals surface area contributed by atoms with Gasteiger partial charge >= 0.3 is 5.97 Å². The average molecular weight is 202 g/mol. The van der Waals surface area contributed by atoms with E-state index in [4.69, 9.17) is 4.74 Å². The summed E-state index contributed by atoms with van der Waals surface area (Å²) >= 11 is 0. The van der Waals surface area contributed by atoms with E-state index in [0.29, 0.717) is 6.61 Å². The summed E-state index contributed by atoms with van der Waals surface area (Å²) in [6.07, 6.45) is 4.67. The van der Waals surface area contributed by atoms with Crippen LogP contribution in [0.2, 0.25) is 0 Å². The third-order valence-corrected chi connectivity index (χ3v) is 2.53. The van der Waals surface area contributed by atoms with Gasteiger partial charge in [-0.25, -0.2) is 4.79 Å². The maximum Gasteiger partial charge on any atom is 0.333 e. The minimum Gasteiger partial charge on any atom is -0.462 e. The summed E-state index contributed by atoms with van der Waals surface area (Å²) in [7, 11) is 0. The van der Waals surface area contributed by atoms with E-state index in [-0.39, 0.29) is 5.97 Å². The van der Waals surface area contributed by atoms with Crippen LogP contribution in [-0.2, 0) is 16.0 Å². The summed E-state index contributed by atoms with van der Waals surface area (Å²) in [5.74, 6) is -0.136. The predicted molar refractivity (Wildman–Crippen MR) is 58.4 cm³/mol. The van der Waals surface area contributed by atoms with Gasteiger partial charge in [-0.3, -0.25) is 0 Å². The number of hydrogen-bond donors (Lipinski definition) is 0. The Hall–Kier alpha value is -1.57. The van der Waals surface area contributed by atoms with Crippen molar-refractivity contribution in [1.29, 1.82) is 0 Å². The van der Waals surface area contributed by atoms with E-state index < -0.39 is 0 Å². The van der Waals surface area contributed by atoms with Gasteiger partial charge in [-0.05, 0) is 18.4 Å². The summed E-state index contributed by atoms with van der Waals surface area (Å²) in [5.41, 5.74) is 2.15. The number of esters is 1. The predicted octanol–water partition coefficient (Wildman–Crippen LogP) is 2.49. The highest BCUT2D eigenvalue weighted by Crippen LogP contribution is 2.14. The highest BCUT2D eigenvalue weighted by Gasteiger charge is 2.17. The van der Waals surface area contributed by atoms with Gasteiger partial charge in [0.1, 0.15) is 0 Å². The summed E-state index contributed by atoms with van der Waals surface area (Å²) in [6, 6.07) is 10.3. The molecule has 1 aliphatic heterocycles. The first-order valence-corrected chi connectivity index (χ1v) is 5.26. The average Bonchev–Trinajstić information content (AvgIpc) is 2.66. The second-order valence-corrected chi connectivity index (χ2v) is 3.64. The normalized spacial score (nSPS) is 18.1. The zero-order chi connectivity index (χ0) is 10.5. The van der Waals surface area contributed by atoms with Crippen LogP contribution in [0.3, 0.4) is 0 Å². The highest BCUT2D eigenvalue weighted by molar-refractivity contribution is 5.90. The van der Waals surface area contributed by atoms with Crippen LogP contribution in [0.15, 0.2) is 42.0 Å². The Morgan fingerprint density at radius 3 is 2.73 bits per heavy atom. The van der Waals surface area contributed by atoms with Gasteiger partial charge in [-0.2, -0.15) is 0 Å². The number of rotatable bonds is 3. The lowest BCUT2D eigenvalue weighted by Crippen LogP contribution is -1.94. The van der Waals surface area contributed by atoms with Gasteiger partial charge in [0, 0.05) is 12.0 Å². The molecule has 78 valence electrons. The number of aryl methyl sites for hydroxylation is 1. The Balaban J connectivity index is 1.87. The largest absolute Gasteiger partial charge is 0.462 e. The van der Waals surface area contributed by atoms with Crippen LogP contribution in [0.5, 0.6) is 0 Å². The van der Waals surface area contributed by atoms with Gasteiger partial charge in [-0.15, -0.1) is 0 Å². The van der Waals surface area contributed by atoms with E-state index in [9.17, 15) is 4.79 Å². The molecule has 1 fully saturated rings. The molecular formula is C13H14O2. The van der Waals surface area contributed by atoms with Crippen LogP contribution in [-0.4, -0.2) is 12.6 Å². The molecular weight excluding hydrogens is 188 g/mol. The lowest BCUT2D eigenvalue weighted by molar-refractivity contribution is -0.135. The number of cyclic esters (lactones) is 1. The van der Waals surface area contributed by atoms with Crippen LogP contribution in [0.25, 0.3) is 0 Å². The molecule has 0 radical (unpaired) electrons. The summed E-state index contributed by atoms with van der Waals surface area (Å²) in [6.45, 7) is 0.552. The third-order valence-electron chi connectivity index (χ3n) is 2.53. The van der Waals surface area contributed by atoms with E-state index in [0.717, 1.165) is 24.8 Å². The fourth-order valence-electron chi connectivity index (χ4n) is 1.69. The molecule has 1 saturated heterocycles. The molecule has 0 saturated carbocycles. The maximum absolute atomic E-state index is 11.1. The van der Waals surface area contributed by atoms with Gasteiger partial charge in [0.05, 0.1) is 6.61 Å². The summed E-state index contributed by atoms with van der Waals surface area (Å²) in [4.78, 5) is 11.1. The van der Waals surface area contributed by atoms with Crippen molar-refractivity contribution in [3.05, 3.63) is 47.5 Å². The minimum atomic E-state index is -0.136. The Kier molecular flexibility index (Phi) is 3.18. The molecule has 2 rings (SSSR count). The smallest absolute Gasteiger partial charge is 0.333 e. The highest BCUT2D eigenvalue weighted by atomic mass is 16.5.